The molecule has 0 bridgehead atoms. The number of carbonyl (C=O) groups excluding carboxylic acids is 3. The van der Waals surface area contributed by atoms with Crippen LogP contribution in [0.1, 0.15) is 27.8 Å². The molecule has 7 nitrogen and oxygen atoms in total. The van der Waals surface area contributed by atoms with Gasteiger partial charge in [-0.05, 0) is 67.6 Å². The normalized spacial score (nSPS) is 12.3. The lowest BCUT2D eigenvalue weighted by Gasteiger charge is -2.14. The van der Waals surface area contributed by atoms with Gasteiger partial charge in [-0.1, -0.05) is 54.6 Å². The Bertz CT molecular complexity index is 1910. The van der Waals surface area contributed by atoms with Crippen molar-refractivity contribution in [2.75, 3.05) is 5.32 Å². The fourth-order valence-electron chi connectivity index (χ4n) is 4.87. The summed E-state index contributed by atoms with van der Waals surface area (Å²) in [6.45, 7) is 1.90. The standard InChI is InChI=1S/C35H27N3O4S/c1-23(35(41)38-31-15-7-5-13-28(31)29-14-6-8-16-32(29)38)43-27-19-17-25(18-20-27)36-34(40)30(22-26-12-9-21-42-26)37-33(39)24-10-3-2-4-11-24/h2-23H,1H3,(H,36,40)(H,37,39)/b30-22-. The number of hydrogen-bond acceptors (Lipinski definition) is 5. The second kappa shape index (κ2) is 12.3. The summed E-state index contributed by atoms with van der Waals surface area (Å²) in [6, 6.07) is 35.1. The van der Waals surface area contributed by atoms with E-state index in [9.17, 15) is 14.4 Å². The number of anilines is 1. The molecule has 2 heterocycles. The van der Waals surface area contributed by atoms with Crippen LogP contribution in [0.4, 0.5) is 5.69 Å². The number of amides is 2. The molecule has 6 rings (SSSR count). The van der Waals surface area contributed by atoms with Crippen molar-refractivity contribution in [3.63, 3.8) is 0 Å². The topological polar surface area (TPSA) is 93.3 Å². The first-order valence-corrected chi connectivity index (χ1v) is 14.6. The second-order valence-electron chi connectivity index (χ2n) is 9.84. The number of nitrogens with one attached hydrogen (secondary N) is 2. The van der Waals surface area contributed by atoms with Crippen molar-refractivity contribution in [3.05, 3.63) is 139 Å². The molecule has 4 aromatic carbocycles. The third-order valence-corrected chi connectivity index (χ3v) is 8.03. The summed E-state index contributed by atoms with van der Waals surface area (Å²) in [5, 5.41) is 7.25. The van der Waals surface area contributed by atoms with E-state index in [2.05, 4.69) is 10.6 Å². The van der Waals surface area contributed by atoms with E-state index in [1.54, 1.807) is 53.1 Å². The molecule has 1 unspecified atom stereocenters. The summed E-state index contributed by atoms with van der Waals surface area (Å²) < 4.78 is 7.16. The molecule has 0 radical (unpaired) electrons. The molecule has 0 aliphatic rings. The highest BCUT2D eigenvalue weighted by atomic mass is 32.2. The SMILES string of the molecule is CC(Sc1ccc(NC(=O)/C(=C/c2ccco2)NC(=O)c2ccccc2)cc1)C(=O)n1c2ccccc2c2ccccc21. The van der Waals surface area contributed by atoms with Gasteiger partial charge in [-0.2, -0.15) is 0 Å². The maximum atomic E-state index is 13.7. The summed E-state index contributed by atoms with van der Waals surface area (Å²) in [7, 11) is 0. The van der Waals surface area contributed by atoms with Crippen molar-refractivity contribution in [1.82, 2.24) is 9.88 Å². The Kier molecular flexibility index (Phi) is 7.93. The number of aromatic nitrogens is 1. The first-order chi connectivity index (χ1) is 21.0. The zero-order chi connectivity index (χ0) is 29.8. The summed E-state index contributed by atoms with van der Waals surface area (Å²) in [5.41, 5.74) is 2.77. The van der Waals surface area contributed by atoms with Gasteiger partial charge in [0, 0.05) is 33.0 Å². The second-order valence-corrected chi connectivity index (χ2v) is 11.3. The van der Waals surface area contributed by atoms with Crippen LogP contribution < -0.4 is 10.6 Å². The maximum absolute atomic E-state index is 13.7. The van der Waals surface area contributed by atoms with Crippen LogP contribution >= 0.6 is 11.8 Å². The first kappa shape index (κ1) is 27.8. The summed E-state index contributed by atoms with van der Waals surface area (Å²) >= 11 is 1.45. The van der Waals surface area contributed by atoms with Crippen LogP contribution in [0.3, 0.4) is 0 Å². The molecular formula is C35H27N3O4S. The van der Waals surface area contributed by atoms with Gasteiger partial charge in [-0.25, -0.2) is 0 Å². The van der Waals surface area contributed by atoms with Gasteiger partial charge in [0.25, 0.3) is 11.8 Å². The maximum Gasteiger partial charge on any atom is 0.272 e. The number of nitrogens with zero attached hydrogens (tertiary/aromatic N) is 1. The lowest BCUT2D eigenvalue weighted by molar-refractivity contribution is -0.113. The summed E-state index contributed by atoms with van der Waals surface area (Å²) in [4.78, 5) is 40.6. The number of carbonyl (C=O) groups is 3. The smallest absolute Gasteiger partial charge is 0.272 e. The van der Waals surface area contributed by atoms with Crippen LogP contribution in [-0.4, -0.2) is 27.5 Å². The average molecular weight is 586 g/mol. The van der Waals surface area contributed by atoms with Crippen molar-refractivity contribution < 1.29 is 18.8 Å². The van der Waals surface area contributed by atoms with Crippen molar-refractivity contribution in [2.24, 2.45) is 0 Å². The lowest BCUT2D eigenvalue weighted by atomic mass is 10.2. The number of rotatable bonds is 8. The fourth-order valence-corrected chi connectivity index (χ4v) is 5.78. The number of furan rings is 1. The molecule has 2 aromatic heterocycles. The van der Waals surface area contributed by atoms with Crippen molar-refractivity contribution in [3.8, 4) is 0 Å². The summed E-state index contributed by atoms with van der Waals surface area (Å²) in [5.74, 6) is -0.507. The first-order valence-electron chi connectivity index (χ1n) is 13.7. The van der Waals surface area contributed by atoms with Gasteiger partial charge in [-0.15, -0.1) is 11.8 Å². The predicted octanol–water partition coefficient (Wildman–Crippen LogP) is 7.62. The number of thioether (sulfide) groups is 1. The number of benzene rings is 4. The minimum atomic E-state index is -0.504. The Morgan fingerprint density at radius 3 is 2.02 bits per heavy atom. The van der Waals surface area contributed by atoms with Gasteiger partial charge in [0.15, 0.2) is 0 Å². The van der Waals surface area contributed by atoms with Crippen LogP contribution in [-0.2, 0) is 4.79 Å². The Balaban J connectivity index is 1.16. The van der Waals surface area contributed by atoms with Crippen LogP contribution in [0, 0.1) is 0 Å². The molecule has 0 saturated heterocycles. The molecule has 2 N–H and O–H groups in total. The molecule has 6 aromatic rings. The third-order valence-electron chi connectivity index (χ3n) is 6.93. The van der Waals surface area contributed by atoms with Crippen LogP contribution in [0.25, 0.3) is 27.9 Å². The van der Waals surface area contributed by atoms with Gasteiger partial charge >= 0.3 is 0 Å². The van der Waals surface area contributed by atoms with E-state index < -0.39 is 11.8 Å². The molecule has 0 aliphatic heterocycles. The fraction of sp³-hybridized carbons (Fsp3) is 0.0571. The van der Waals surface area contributed by atoms with E-state index in [0.717, 1.165) is 26.7 Å². The molecule has 0 spiro atoms. The highest BCUT2D eigenvalue weighted by Crippen LogP contribution is 2.32. The molecule has 43 heavy (non-hydrogen) atoms. The molecule has 0 fully saturated rings. The van der Waals surface area contributed by atoms with E-state index in [1.807, 2.05) is 73.7 Å². The van der Waals surface area contributed by atoms with Crippen LogP contribution in [0.15, 0.2) is 137 Å². The minimum Gasteiger partial charge on any atom is -0.465 e. The van der Waals surface area contributed by atoms with Crippen LogP contribution in [0.2, 0.25) is 0 Å². The Labute approximate surface area is 252 Å². The quantitative estimate of drug-likeness (QED) is 0.142. The molecule has 8 heteroatoms. The van der Waals surface area contributed by atoms with E-state index in [4.69, 9.17) is 4.42 Å². The van der Waals surface area contributed by atoms with E-state index >= 15 is 0 Å². The molecule has 1 atom stereocenters. The van der Waals surface area contributed by atoms with E-state index in [0.29, 0.717) is 17.0 Å². The third kappa shape index (κ3) is 6.00. The van der Waals surface area contributed by atoms with Crippen LogP contribution in [0.5, 0.6) is 0 Å². The highest BCUT2D eigenvalue weighted by molar-refractivity contribution is 8.00. The van der Waals surface area contributed by atoms with Gasteiger partial charge in [0.05, 0.1) is 22.5 Å². The van der Waals surface area contributed by atoms with Gasteiger partial charge < -0.3 is 15.1 Å². The number of fused-ring (bicyclic) bond motifs is 3. The number of hydrogen-bond donors (Lipinski definition) is 2. The lowest BCUT2D eigenvalue weighted by Crippen LogP contribution is -2.30. The minimum absolute atomic E-state index is 0.0124. The zero-order valence-corrected chi connectivity index (χ0v) is 24.0. The number of para-hydroxylation sites is 2. The molecule has 0 saturated carbocycles. The molecule has 2 amide bonds. The van der Waals surface area contributed by atoms with Crippen molar-refractivity contribution in [2.45, 2.75) is 17.1 Å². The van der Waals surface area contributed by atoms with Gasteiger partial charge in [0.2, 0.25) is 5.91 Å². The Hall–Kier alpha value is -5.34. The largest absolute Gasteiger partial charge is 0.465 e. The molecule has 0 aliphatic carbocycles. The average Bonchev–Trinajstić information content (AvgIpc) is 3.67. The molecular weight excluding hydrogens is 558 g/mol. The zero-order valence-electron chi connectivity index (χ0n) is 23.2. The monoisotopic (exact) mass is 585 g/mol. The Morgan fingerprint density at radius 2 is 1.40 bits per heavy atom. The predicted molar refractivity (Wildman–Crippen MR) is 171 cm³/mol. The van der Waals surface area contributed by atoms with E-state index in [1.165, 1.54) is 24.1 Å². The van der Waals surface area contributed by atoms with Gasteiger partial charge in [0.1, 0.15) is 11.5 Å². The Morgan fingerprint density at radius 1 is 0.767 bits per heavy atom. The van der Waals surface area contributed by atoms with E-state index in [-0.39, 0.29) is 16.9 Å². The van der Waals surface area contributed by atoms with Crippen molar-refractivity contribution in [1.29, 1.82) is 0 Å². The molecule has 212 valence electrons. The van der Waals surface area contributed by atoms with Gasteiger partial charge in [-0.3, -0.25) is 19.0 Å². The highest BCUT2D eigenvalue weighted by Gasteiger charge is 2.22. The van der Waals surface area contributed by atoms with Crippen molar-refractivity contribution >= 4 is 63.1 Å². The summed E-state index contributed by atoms with van der Waals surface area (Å²) in [6.07, 6.45) is 2.96.